The first kappa shape index (κ1) is 56.0. The van der Waals surface area contributed by atoms with Crippen molar-refractivity contribution in [2.24, 2.45) is 5.92 Å². The molecule has 1 aliphatic carbocycles. The van der Waals surface area contributed by atoms with Gasteiger partial charge >= 0.3 is 0 Å². The van der Waals surface area contributed by atoms with E-state index in [0.29, 0.717) is 104 Å². The lowest BCUT2D eigenvalue weighted by Gasteiger charge is -2.38. The predicted molar refractivity (Wildman–Crippen MR) is 297 cm³/mol. The molecule has 4 N–H and O–H groups in total. The van der Waals surface area contributed by atoms with Gasteiger partial charge in [-0.05, 0) is 129 Å². The number of amides is 5. The minimum atomic E-state index is -0.805. The van der Waals surface area contributed by atoms with Crippen LogP contribution in [0.15, 0.2) is 84.6 Å². The zero-order valence-corrected chi connectivity index (χ0v) is 45.8. The third-order valence-electron chi connectivity index (χ3n) is 14.9. The van der Waals surface area contributed by atoms with Crippen molar-refractivity contribution in [1.29, 1.82) is 0 Å². The molecule has 18 nitrogen and oxygen atoms in total. The lowest BCUT2D eigenvalue weighted by Crippen LogP contribution is -2.52. The number of carbonyl (C=O) groups excluding carboxylic acids is 5. The molecule has 4 aromatic rings. The number of nitrogens with one attached hydrogen (secondary N) is 4. The smallest absolute Gasteiger partial charge is 0.259 e. The van der Waals surface area contributed by atoms with Crippen LogP contribution >= 0.6 is 11.6 Å². The number of nitrogens with zero attached hydrogens (tertiary/aromatic N) is 3. The van der Waals surface area contributed by atoms with Crippen molar-refractivity contribution in [3.8, 4) is 11.5 Å². The Morgan fingerprint density at radius 1 is 0.821 bits per heavy atom. The van der Waals surface area contributed by atoms with Crippen molar-refractivity contribution in [2.75, 3.05) is 102 Å². The van der Waals surface area contributed by atoms with Gasteiger partial charge in [-0.25, -0.2) is 0 Å². The number of methoxy groups -OCH3 is 1. The van der Waals surface area contributed by atoms with E-state index in [1.807, 2.05) is 73.3 Å². The van der Waals surface area contributed by atoms with Gasteiger partial charge in [0, 0.05) is 73.2 Å². The third-order valence-corrected chi connectivity index (χ3v) is 15.2. The number of fused-ring (bicyclic) bond motifs is 1. The standard InChI is InChI=1S/C59H72ClN7O11/c1-37(2)78-50-34-46-40(32-49(50)73-4)33-54(70)66(56(46)39-10-12-41(60)13-11-39)44-18-16-43(17-19-44)65(3)36-38-8-14-42(15-9-38)61-23-24-62-52(68)22-25-74-26-27-75-28-29-76-30-31-77-51-35-63-47-7-5-6-45-55(47)57(51)67(59(45)72)48-20-21-53(69)64-58(48)71/h5-7,10-13,16-19,32,34,37-38,42,48,56,61,63H,8-9,14-15,20-31,33,35-36H2,1-4H3,(H,62,68)(H,64,69,71)/t38?,42?,48?,56-/m0/s1. The van der Waals surface area contributed by atoms with Crippen molar-refractivity contribution in [2.45, 2.75) is 89.4 Å². The Balaban J connectivity index is 0.620. The number of benzene rings is 4. The average molecular weight is 1090 g/mol. The highest BCUT2D eigenvalue weighted by atomic mass is 35.5. The molecule has 1 saturated heterocycles. The SMILES string of the molecule is COc1cc2c(cc1OC(C)C)[C@H](c1ccc(Cl)cc1)N(c1ccc(N(C)CC3CCC(NCCNC(=O)CCOCCOCCOCCOC4=C5c6c(cccc6C(=O)N5C5CCC(=O)NC5=O)NC4)CC3)cc1)C(=O)C2. The number of piperidine rings is 1. The number of hydrogen-bond acceptors (Lipinski definition) is 14. The Bertz CT molecular complexity index is 2820. The van der Waals surface area contributed by atoms with Gasteiger partial charge in [-0.15, -0.1) is 0 Å². The van der Waals surface area contributed by atoms with Crippen LogP contribution in [0.5, 0.6) is 11.5 Å². The second-order valence-corrected chi connectivity index (χ2v) is 21.0. The van der Waals surface area contributed by atoms with Crippen LogP contribution < -0.4 is 40.5 Å². The van der Waals surface area contributed by atoms with Crippen LogP contribution in [-0.4, -0.2) is 139 Å². The number of hydrogen-bond donors (Lipinski definition) is 4. The zero-order valence-electron chi connectivity index (χ0n) is 45.0. The van der Waals surface area contributed by atoms with Crippen LogP contribution in [0.25, 0.3) is 5.70 Å². The maximum Gasteiger partial charge on any atom is 0.259 e. The topological polar surface area (TPSA) is 199 Å². The minimum Gasteiger partial charge on any atom is -0.493 e. The van der Waals surface area contributed by atoms with E-state index in [2.05, 4.69) is 45.3 Å². The Labute approximate surface area is 461 Å². The normalized spacial score (nSPS) is 19.8. The molecule has 0 radical (unpaired) electrons. The minimum absolute atomic E-state index is 0.000304. The molecule has 5 amide bonds. The summed E-state index contributed by atoms with van der Waals surface area (Å²) in [6, 6.07) is 24.6. The van der Waals surface area contributed by atoms with Crippen LogP contribution in [0.4, 0.5) is 17.1 Å². The van der Waals surface area contributed by atoms with E-state index < -0.39 is 11.9 Å². The summed E-state index contributed by atoms with van der Waals surface area (Å²) in [5, 5.41) is 12.9. The molecule has 4 aliphatic heterocycles. The molecule has 4 aromatic carbocycles. The second kappa shape index (κ2) is 26.3. The average Bonchev–Trinajstić information content (AvgIpc) is 3.99. The lowest BCUT2D eigenvalue weighted by atomic mass is 9.85. The summed E-state index contributed by atoms with van der Waals surface area (Å²) in [6.07, 6.45) is 5.23. The van der Waals surface area contributed by atoms with Gasteiger partial charge in [0.25, 0.3) is 5.91 Å². The number of anilines is 3. The maximum absolute atomic E-state index is 14.1. The van der Waals surface area contributed by atoms with Gasteiger partial charge in [-0.3, -0.25) is 34.2 Å². The van der Waals surface area contributed by atoms with E-state index in [4.69, 9.17) is 40.0 Å². The lowest BCUT2D eigenvalue weighted by molar-refractivity contribution is -0.136. The third kappa shape index (κ3) is 13.4. The summed E-state index contributed by atoms with van der Waals surface area (Å²) in [4.78, 5) is 70.4. The summed E-state index contributed by atoms with van der Waals surface area (Å²) in [5.41, 5.74) is 7.31. The monoisotopic (exact) mass is 1090 g/mol. The Kier molecular flexibility index (Phi) is 18.9. The van der Waals surface area contributed by atoms with Gasteiger partial charge in [-0.2, -0.15) is 0 Å². The van der Waals surface area contributed by atoms with E-state index in [0.717, 1.165) is 66.0 Å². The van der Waals surface area contributed by atoms with Crippen LogP contribution in [-0.2, 0) is 44.5 Å². The first-order valence-electron chi connectivity index (χ1n) is 27.3. The molecule has 0 spiro atoms. The largest absolute Gasteiger partial charge is 0.493 e. The Hall–Kier alpha value is -6.70. The predicted octanol–water partition coefficient (Wildman–Crippen LogP) is 7.03. The number of halogens is 1. The van der Waals surface area contributed by atoms with Gasteiger partial charge in [0.15, 0.2) is 11.5 Å². The summed E-state index contributed by atoms with van der Waals surface area (Å²) < 4.78 is 34.9. The highest BCUT2D eigenvalue weighted by Gasteiger charge is 2.46. The molecule has 2 fully saturated rings. The van der Waals surface area contributed by atoms with Gasteiger partial charge in [0.05, 0.1) is 83.1 Å². The molecule has 0 bridgehead atoms. The quantitative estimate of drug-likeness (QED) is 0.0369. The van der Waals surface area contributed by atoms with E-state index in [9.17, 15) is 24.0 Å². The van der Waals surface area contributed by atoms with E-state index in [1.165, 1.54) is 4.90 Å². The maximum atomic E-state index is 14.1. The summed E-state index contributed by atoms with van der Waals surface area (Å²) >= 11 is 6.33. The van der Waals surface area contributed by atoms with Crippen molar-refractivity contribution >= 4 is 63.9 Å². The molecule has 0 aromatic heterocycles. The fourth-order valence-corrected chi connectivity index (χ4v) is 11.2. The molecule has 5 aliphatic rings. The zero-order chi connectivity index (χ0) is 54.7. The fourth-order valence-electron chi connectivity index (χ4n) is 11.1. The highest BCUT2D eigenvalue weighted by Crippen LogP contribution is 2.46. The van der Waals surface area contributed by atoms with Crippen molar-refractivity contribution in [3.63, 3.8) is 0 Å². The molecule has 2 atom stereocenters. The van der Waals surface area contributed by atoms with Crippen molar-refractivity contribution in [3.05, 3.63) is 117 Å². The van der Waals surface area contributed by atoms with Crippen LogP contribution in [0, 0.1) is 5.92 Å². The van der Waals surface area contributed by atoms with Crippen molar-refractivity contribution in [1.82, 2.24) is 20.9 Å². The van der Waals surface area contributed by atoms with Gasteiger partial charge in [-0.1, -0.05) is 29.8 Å². The molecule has 9 rings (SSSR count). The summed E-state index contributed by atoms with van der Waals surface area (Å²) in [5.74, 6) is 1.16. The molecule has 78 heavy (non-hydrogen) atoms. The molecular formula is C59H72ClN7O11. The molecule has 1 unspecified atom stereocenters. The first-order valence-corrected chi connectivity index (χ1v) is 27.6. The summed E-state index contributed by atoms with van der Waals surface area (Å²) in [6.45, 7) is 8.71. The summed E-state index contributed by atoms with van der Waals surface area (Å²) in [7, 11) is 3.75. The van der Waals surface area contributed by atoms with Gasteiger partial charge in [0.1, 0.15) is 18.4 Å². The Morgan fingerprint density at radius 3 is 2.24 bits per heavy atom. The number of ether oxygens (including phenoxy) is 6. The molecule has 1 saturated carbocycles. The van der Waals surface area contributed by atoms with Gasteiger partial charge in [0.2, 0.25) is 23.6 Å². The fraction of sp³-hybridized carbons (Fsp3) is 0.475. The van der Waals surface area contributed by atoms with E-state index >= 15 is 0 Å². The van der Waals surface area contributed by atoms with E-state index in [1.54, 1.807) is 19.2 Å². The number of rotatable bonds is 26. The number of imide groups is 1. The van der Waals surface area contributed by atoms with E-state index in [-0.39, 0.29) is 74.7 Å². The van der Waals surface area contributed by atoms with Crippen LogP contribution in [0.2, 0.25) is 5.02 Å². The second-order valence-electron chi connectivity index (χ2n) is 20.6. The first-order chi connectivity index (χ1) is 37.9. The van der Waals surface area contributed by atoms with Crippen LogP contribution in [0.3, 0.4) is 0 Å². The molecular weight excluding hydrogens is 1020 g/mol. The number of carbonyl (C=O) groups is 5. The van der Waals surface area contributed by atoms with Gasteiger partial charge < -0.3 is 54.2 Å². The molecule has 416 valence electrons. The van der Waals surface area contributed by atoms with Crippen LogP contribution in [0.1, 0.15) is 97.4 Å². The molecule has 19 heteroatoms. The molecule has 4 heterocycles. The highest BCUT2D eigenvalue weighted by molar-refractivity contribution is 6.30. The van der Waals surface area contributed by atoms with Crippen molar-refractivity contribution < 1.29 is 52.4 Å². The Morgan fingerprint density at radius 2 is 1.54 bits per heavy atom.